The quantitative estimate of drug-likeness (QED) is 0.347. The Morgan fingerprint density at radius 3 is 1.84 bits per heavy atom. The molecule has 9 heteroatoms. The molecule has 31 heavy (non-hydrogen) atoms. The third-order valence-corrected chi connectivity index (χ3v) is 5.93. The maximum Gasteiger partial charge on any atom is 1.00 e. The molecule has 0 spiro atoms. The van der Waals surface area contributed by atoms with Crippen molar-refractivity contribution < 1.29 is 52.1 Å². The van der Waals surface area contributed by atoms with Gasteiger partial charge in [0.15, 0.2) is 11.6 Å². The van der Waals surface area contributed by atoms with E-state index < -0.39 is 10.1 Å². The van der Waals surface area contributed by atoms with E-state index in [1.54, 1.807) is 50.4 Å². The van der Waals surface area contributed by atoms with Gasteiger partial charge in [0.25, 0.3) is 0 Å². The van der Waals surface area contributed by atoms with E-state index in [1.807, 2.05) is 0 Å². The molecule has 152 valence electrons. The van der Waals surface area contributed by atoms with E-state index in [0.717, 1.165) is 0 Å². The summed E-state index contributed by atoms with van der Waals surface area (Å²) in [4.78, 5) is 26.1. The van der Waals surface area contributed by atoms with Crippen LogP contribution < -0.4 is 40.2 Å². The zero-order chi connectivity index (χ0) is 21.6. The normalized spacial score (nSPS) is 12.5. The Bertz CT molecular complexity index is 1340. The zero-order valence-electron chi connectivity index (χ0n) is 17.1. The first-order valence-corrected chi connectivity index (χ1v) is 10.5. The minimum atomic E-state index is -4.57. The molecule has 1 aliphatic carbocycles. The monoisotopic (exact) mass is 444 g/mol. The summed E-state index contributed by atoms with van der Waals surface area (Å²) < 4.78 is 33.7. The van der Waals surface area contributed by atoms with Crippen LogP contribution in [-0.4, -0.2) is 31.6 Å². The predicted octanol–water partition coefficient (Wildman–Crippen LogP) is 0.464. The van der Waals surface area contributed by atoms with Crippen molar-refractivity contribution >= 4 is 38.7 Å². The standard InChI is InChI=1S/C22H18N2O5S.Na/c1-12-11-13(30(27,28)29)7-8-16(12)24-18-10-9-17(23-2)19-20(18)22(26)15-6-4-3-5-14(15)21(19)25;/h3-11,23-24H,1-2H3,(H,27,28,29);/q;+1/p-1. The fourth-order valence-electron chi connectivity index (χ4n) is 3.61. The number of rotatable bonds is 4. The second-order valence-electron chi connectivity index (χ2n) is 6.92. The summed E-state index contributed by atoms with van der Waals surface area (Å²) in [5.41, 5.74) is 3.17. The first kappa shape index (κ1) is 23.2. The van der Waals surface area contributed by atoms with Gasteiger partial charge in [0.2, 0.25) is 0 Å². The number of benzene rings is 3. The van der Waals surface area contributed by atoms with E-state index in [9.17, 15) is 22.6 Å². The Morgan fingerprint density at radius 2 is 1.32 bits per heavy atom. The number of hydrogen-bond acceptors (Lipinski definition) is 7. The molecule has 0 amide bonds. The zero-order valence-corrected chi connectivity index (χ0v) is 20.0. The second-order valence-corrected chi connectivity index (χ2v) is 8.30. The van der Waals surface area contributed by atoms with Gasteiger partial charge in [-0.25, -0.2) is 8.42 Å². The number of hydrogen-bond donors (Lipinski definition) is 2. The number of anilines is 3. The molecule has 1 aliphatic rings. The third kappa shape index (κ3) is 4.05. The molecule has 0 bridgehead atoms. The van der Waals surface area contributed by atoms with Crippen LogP contribution in [0.4, 0.5) is 17.1 Å². The van der Waals surface area contributed by atoms with Gasteiger partial charge in [-0.3, -0.25) is 9.59 Å². The molecule has 3 aromatic rings. The number of nitrogens with one attached hydrogen (secondary N) is 2. The molecule has 0 aliphatic heterocycles. The summed E-state index contributed by atoms with van der Waals surface area (Å²) >= 11 is 0. The van der Waals surface area contributed by atoms with Gasteiger partial charge >= 0.3 is 29.6 Å². The molecule has 4 rings (SSSR count). The molecule has 0 radical (unpaired) electrons. The van der Waals surface area contributed by atoms with Crippen molar-refractivity contribution in [3.05, 3.63) is 82.4 Å². The Kier molecular flexibility index (Phi) is 6.40. The molecule has 0 unspecified atom stereocenters. The third-order valence-electron chi connectivity index (χ3n) is 5.10. The van der Waals surface area contributed by atoms with Gasteiger partial charge < -0.3 is 15.2 Å². The van der Waals surface area contributed by atoms with Crippen LogP contribution in [0.2, 0.25) is 0 Å². The van der Waals surface area contributed by atoms with Gasteiger partial charge in [-0.05, 0) is 42.8 Å². The maximum absolute atomic E-state index is 13.3. The number of carbonyl (C=O) groups excluding carboxylic acids is 2. The summed E-state index contributed by atoms with van der Waals surface area (Å²) in [6, 6.07) is 14.0. The van der Waals surface area contributed by atoms with Crippen LogP contribution in [0.15, 0.2) is 59.5 Å². The predicted molar refractivity (Wildman–Crippen MR) is 112 cm³/mol. The van der Waals surface area contributed by atoms with E-state index in [1.165, 1.54) is 18.2 Å². The number of ketones is 2. The molecule has 0 atom stereocenters. The van der Waals surface area contributed by atoms with Gasteiger partial charge in [-0.2, -0.15) is 0 Å². The van der Waals surface area contributed by atoms with Crippen molar-refractivity contribution in [1.82, 2.24) is 0 Å². The number of aryl methyl sites for hydroxylation is 1. The van der Waals surface area contributed by atoms with Crippen LogP contribution in [0.5, 0.6) is 0 Å². The van der Waals surface area contributed by atoms with Crippen molar-refractivity contribution in [2.24, 2.45) is 0 Å². The van der Waals surface area contributed by atoms with E-state index in [4.69, 9.17) is 0 Å². The Morgan fingerprint density at radius 1 is 0.806 bits per heavy atom. The first-order chi connectivity index (χ1) is 14.2. The topological polar surface area (TPSA) is 115 Å². The maximum atomic E-state index is 13.3. The summed E-state index contributed by atoms with van der Waals surface area (Å²) in [5, 5.41) is 6.08. The average molecular weight is 444 g/mol. The molecular weight excluding hydrogens is 427 g/mol. The molecule has 0 aromatic heterocycles. The van der Waals surface area contributed by atoms with Crippen LogP contribution in [-0.2, 0) is 10.1 Å². The summed E-state index contributed by atoms with van der Waals surface area (Å²) in [7, 11) is -2.90. The van der Waals surface area contributed by atoms with Crippen LogP contribution in [0, 0.1) is 6.92 Å². The van der Waals surface area contributed by atoms with E-state index in [2.05, 4.69) is 10.6 Å². The van der Waals surface area contributed by atoms with Gasteiger partial charge in [0, 0.05) is 29.5 Å². The van der Waals surface area contributed by atoms with Crippen molar-refractivity contribution in [3.63, 3.8) is 0 Å². The van der Waals surface area contributed by atoms with Crippen molar-refractivity contribution in [1.29, 1.82) is 0 Å². The fraction of sp³-hybridized carbons (Fsp3) is 0.0909. The van der Waals surface area contributed by atoms with Crippen LogP contribution in [0.25, 0.3) is 0 Å². The summed E-state index contributed by atoms with van der Waals surface area (Å²) in [6.45, 7) is 1.65. The van der Waals surface area contributed by atoms with E-state index >= 15 is 0 Å². The Labute approximate surface area is 201 Å². The van der Waals surface area contributed by atoms with Crippen molar-refractivity contribution in [2.45, 2.75) is 11.8 Å². The molecule has 7 nitrogen and oxygen atoms in total. The first-order valence-electron chi connectivity index (χ1n) is 9.09. The Hall–Kier alpha value is -2.49. The molecule has 3 aromatic carbocycles. The van der Waals surface area contributed by atoms with E-state index in [0.29, 0.717) is 33.8 Å². The van der Waals surface area contributed by atoms with Crippen molar-refractivity contribution in [2.75, 3.05) is 17.7 Å². The van der Waals surface area contributed by atoms with Crippen LogP contribution in [0.1, 0.15) is 37.4 Å². The molecule has 0 saturated carbocycles. The molecule has 2 N–H and O–H groups in total. The smallest absolute Gasteiger partial charge is 0.744 e. The number of fused-ring (bicyclic) bond motifs is 2. The molecule has 0 saturated heterocycles. The molecule has 0 fully saturated rings. The van der Waals surface area contributed by atoms with Crippen LogP contribution in [0.3, 0.4) is 0 Å². The van der Waals surface area contributed by atoms with Crippen LogP contribution >= 0.6 is 0 Å². The fourth-order valence-corrected chi connectivity index (χ4v) is 4.17. The second kappa shape index (κ2) is 8.57. The van der Waals surface area contributed by atoms with Crippen molar-refractivity contribution in [3.8, 4) is 0 Å². The summed E-state index contributed by atoms with van der Waals surface area (Å²) in [6.07, 6.45) is 0. The van der Waals surface area contributed by atoms with Gasteiger partial charge in [-0.15, -0.1) is 0 Å². The number of carbonyl (C=O) groups is 2. The summed E-state index contributed by atoms with van der Waals surface area (Å²) in [5.74, 6) is -0.533. The SMILES string of the molecule is CNc1ccc(Nc2ccc(S(=O)(=O)[O-])cc2C)c2c1C(=O)c1ccccc1C2=O.[Na+]. The molecule has 0 heterocycles. The van der Waals surface area contributed by atoms with E-state index in [-0.39, 0.29) is 57.1 Å². The minimum Gasteiger partial charge on any atom is -0.744 e. The van der Waals surface area contributed by atoms with Gasteiger partial charge in [-0.1, -0.05) is 24.3 Å². The van der Waals surface area contributed by atoms with Gasteiger partial charge in [0.05, 0.1) is 21.7 Å². The average Bonchev–Trinajstić information content (AvgIpc) is 2.72. The minimum absolute atomic E-state index is 0. The molecular formula is C22H17N2NaO5S. The van der Waals surface area contributed by atoms with Gasteiger partial charge in [0.1, 0.15) is 10.1 Å². The largest absolute Gasteiger partial charge is 1.00 e. The Balaban J connectivity index is 0.00000272.